The minimum atomic E-state index is 0.382. The summed E-state index contributed by atoms with van der Waals surface area (Å²) in [5, 5.41) is 0. The van der Waals surface area contributed by atoms with Gasteiger partial charge < -0.3 is 10.5 Å². The summed E-state index contributed by atoms with van der Waals surface area (Å²) in [6, 6.07) is 7.05. The van der Waals surface area contributed by atoms with Gasteiger partial charge in [0, 0.05) is 12.5 Å². The molecule has 2 nitrogen and oxygen atoms in total. The average molecular weight is 287 g/mol. The van der Waals surface area contributed by atoms with E-state index in [0.717, 1.165) is 43.5 Å². The monoisotopic (exact) mass is 287 g/mol. The standard InChI is InChI=1S/C19H29NO/c1-2-14-3-7-16(8-4-14)18(20)9-5-15-6-10-19-17(13-15)11-12-21-19/h6,10,13-14,16,18H,2-5,7-9,11-12,20H2,1H3. The Morgan fingerprint density at radius 1 is 1.24 bits per heavy atom. The van der Waals surface area contributed by atoms with Crippen LogP contribution in [0.5, 0.6) is 5.75 Å². The highest BCUT2D eigenvalue weighted by atomic mass is 16.5. The Morgan fingerprint density at radius 3 is 2.81 bits per heavy atom. The fourth-order valence-corrected chi connectivity index (χ4v) is 3.99. The Hall–Kier alpha value is -1.02. The van der Waals surface area contributed by atoms with Crippen molar-refractivity contribution in [2.24, 2.45) is 17.6 Å². The number of rotatable bonds is 5. The van der Waals surface area contributed by atoms with Crippen LogP contribution in [-0.2, 0) is 12.8 Å². The summed E-state index contributed by atoms with van der Waals surface area (Å²) in [4.78, 5) is 0. The van der Waals surface area contributed by atoms with Crippen molar-refractivity contribution >= 4 is 0 Å². The zero-order valence-electron chi connectivity index (χ0n) is 13.3. The zero-order chi connectivity index (χ0) is 14.7. The number of hydrogen-bond acceptors (Lipinski definition) is 2. The molecule has 1 unspecified atom stereocenters. The minimum Gasteiger partial charge on any atom is -0.493 e. The summed E-state index contributed by atoms with van der Waals surface area (Å²) in [7, 11) is 0. The summed E-state index contributed by atoms with van der Waals surface area (Å²) >= 11 is 0. The minimum absolute atomic E-state index is 0.382. The van der Waals surface area contributed by atoms with E-state index in [4.69, 9.17) is 10.5 Å². The largest absolute Gasteiger partial charge is 0.493 e. The highest BCUT2D eigenvalue weighted by molar-refractivity contribution is 5.39. The highest BCUT2D eigenvalue weighted by Crippen LogP contribution is 2.33. The number of fused-ring (bicyclic) bond motifs is 1. The van der Waals surface area contributed by atoms with E-state index in [2.05, 4.69) is 25.1 Å². The van der Waals surface area contributed by atoms with Gasteiger partial charge in [-0.05, 0) is 54.7 Å². The number of ether oxygens (including phenoxy) is 1. The SMILES string of the molecule is CCC1CCC(C(N)CCc2ccc3c(c2)CCO3)CC1. The van der Waals surface area contributed by atoms with E-state index < -0.39 is 0 Å². The van der Waals surface area contributed by atoms with Crippen molar-refractivity contribution in [3.05, 3.63) is 29.3 Å². The fourth-order valence-electron chi connectivity index (χ4n) is 3.99. The molecular weight excluding hydrogens is 258 g/mol. The van der Waals surface area contributed by atoms with Gasteiger partial charge >= 0.3 is 0 Å². The Bertz CT molecular complexity index is 463. The summed E-state index contributed by atoms with van der Waals surface area (Å²) in [6.07, 6.45) is 10.1. The van der Waals surface area contributed by atoms with Gasteiger partial charge in [0.2, 0.25) is 0 Å². The van der Waals surface area contributed by atoms with E-state index in [0.29, 0.717) is 6.04 Å². The zero-order valence-corrected chi connectivity index (χ0v) is 13.3. The van der Waals surface area contributed by atoms with Crippen LogP contribution in [0, 0.1) is 11.8 Å². The van der Waals surface area contributed by atoms with Crippen molar-refractivity contribution in [2.45, 2.75) is 64.3 Å². The van der Waals surface area contributed by atoms with Crippen LogP contribution in [0.25, 0.3) is 0 Å². The van der Waals surface area contributed by atoms with E-state index in [1.165, 1.54) is 43.2 Å². The van der Waals surface area contributed by atoms with E-state index in [-0.39, 0.29) is 0 Å². The molecule has 1 saturated carbocycles. The maximum atomic E-state index is 6.47. The number of benzene rings is 1. The van der Waals surface area contributed by atoms with Crippen LogP contribution in [-0.4, -0.2) is 12.6 Å². The molecule has 3 rings (SSSR count). The molecule has 1 heterocycles. The molecule has 0 spiro atoms. The summed E-state index contributed by atoms with van der Waals surface area (Å²) in [6.45, 7) is 3.17. The van der Waals surface area contributed by atoms with Crippen LogP contribution < -0.4 is 10.5 Å². The van der Waals surface area contributed by atoms with Crippen LogP contribution >= 0.6 is 0 Å². The van der Waals surface area contributed by atoms with Crippen LogP contribution in [0.3, 0.4) is 0 Å². The lowest BCUT2D eigenvalue weighted by molar-refractivity contribution is 0.233. The third-order valence-electron chi connectivity index (χ3n) is 5.59. The molecule has 1 atom stereocenters. The number of nitrogens with two attached hydrogens (primary N) is 1. The summed E-state index contributed by atoms with van der Waals surface area (Å²) in [5.41, 5.74) is 9.28. The second-order valence-electron chi connectivity index (χ2n) is 6.93. The molecule has 2 heteroatoms. The van der Waals surface area contributed by atoms with E-state index in [1.54, 1.807) is 0 Å². The van der Waals surface area contributed by atoms with Gasteiger partial charge in [0.1, 0.15) is 5.75 Å². The fraction of sp³-hybridized carbons (Fsp3) is 0.684. The van der Waals surface area contributed by atoms with Gasteiger partial charge in [-0.15, -0.1) is 0 Å². The Balaban J connectivity index is 1.48. The second-order valence-corrected chi connectivity index (χ2v) is 6.93. The van der Waals surface area contributed by atoms with Crippen LogP contribution in [0.15, 0.2) is 18.2 Å². The Morgan fingerprint density at radius 2 is 2.05 bits per heavy atom. The summed E-state index contributed by atoms with van der Waals surface area (Å²) in [5.74, 6) is 2.80. The quantitative estimate of drug-likeness (QED) is 0.885. The van der Waals surface area contributed by atoms with Gasteiger partial charge in [-0.3, -0.25) is 0 Å². The molecule has 2 aliphatic rings. The molecule has 0 aromatic heterocycles. The van der Waals surface area contributed by atoms with Crippen molar-refractivity contribution in [3.8, 4) is 5.75 Å². The van der Waals surface area contributed by atoms with E-state index >= 15 is 0 Å². The molecular formula is C19H29NO. The first-order valence-corrected chi connectivity index (χ1v) is 8.76. The molecule has 1 aliphatic heterocycles. The molecule has 21 heavy (non-hydrogen) atoms. The lowest BCUT2D eigenvalue weighted by Gasteiger charge is -2.31. The lowest BCUT2D eigenvalue weighted by Crippen LogP contribution is -2.33. The molecule has 1 aliphatic carbocycles. The Kier molecular flexibility index (Phi) is 4.84. The van der Waals surface area contributed by atoms with Crippen molar-refractivity contribution in [2.75, 3.05) is 6.61 Å². The van der Waals surface area contributed by atoms with Gasteiger partial charge in [-0.25, -0.2) is 0 Å². The normalized spacial score (nSPS) is 26.2. The first-order chi connectivity index (χ1) is 10.3. The Labute approximate surface area is 129 Å². The molecule has 2 N–H and O–H groups in total. The van der Waals surface area contributed by atoms with E-state index in [1.807, 2.05) is 0 Å². The van der Waals surface area contributed by atoms with E-state index in [9.17, 15) is 0 Å². The third-order valence-corrected chi connectivity index (χ3v) is 5.59. The first-order valence-electron chi connectivity index (χ1n) is 8.76. The maximum Gasteiger partial charge on any atom is 0.122 e. The van der Waals surface area contributed by atoms with Crippen LogP contribution in [0.4, 0.5) is 0 Å². The lowest BCUT2D eigenvalue weighted by atomic mass is 9.77. The topological polar surface area (TPSA) is 35.2 Å². The molecule has 0 radical (unpaired) electrons. The van der Waals surface area contributed by atoms with Crippen molar-refractivity contribution in [3.63, 3.8) is 0 Å². The molecule has 0 amide bonds. The van der Waals surface area contributed by atoms with Crippen molar-refractivity contribution < 1.29 is 4.74 Å². The van der Waals surface area contributed by atoms with Crippen LogP contribution in [0.1, 0.15) is 56.6 Å². The van der Waals surface area contributed by atoms with Crippen molar-refractivity contribution in [1.29, 1.82) is 0 Å². The molecule has 1 aromatic carbocycles. The van der Waals surface area contributed by atoms with Gasteiger partial charge in [-0.1, -0.05) is 38.3 Å². The average Bonchev–Trinajstić information content (AvgIpc) is 3.00. The third kappa shape index (κ3) is 3.60. The predicted octanol–water partition coefficient (Wildman–Crippen LogP) is 4.10. The molecule has 0 saturated heterocycles. The first kappa shape index (κ1) is 14.9. The van der Waals surface area contributed by atoms with Gasteiger partial charge in [-0.2, -0.15) is 0 Å². The van der Waals surface area contributed by atoms with Crippen molar-refractivity contribution in [1.82, 2.24) is 0 Å². The maximum absolute atomic E-state index is 6.47. The smallest absolute Gasteiger partial charge is 0.122 e. The summed E-state index contributed by atoms with van der Waals surface area (Å²) < 4.78 is 5.57. The highest BCUT2D eigenvalue weighted by Gasteiger charge is 2.24. The van der Waals surface area contributed by atoms with Crippen LogP contribution in [0.2, 0.25) is 0 Å². The van der Waals surface area contributed by atoms with Gasteiger partial charge in [0.25, 0.3) is 0 Å². The molecule has 0 bridgehead atoms. The second kappa shape index (κ2) is 6.83. The molecule has 116 valence electrons. The number of aryl methyl sites for hydroxylation is 1. The van der Waals surface area contributed by atoms with Gasteiger partial charge in [0.15, 0.2) is 0 Å². The number of hydrogen-bond donors (Lipinski definition) is 1. The predicted molar refractivity (Wildman–Crippen MR) is 87.7 cm³/mol. The molecule has 1 fully saturated rings. The molecule has 1 aromatic rings. The van der Waals surface area contributed by atoms with Gasteiger partial charge in [0.05, 0.1) is 6.61 Å².